The third-order valence-corrected chi connectivity index (χ3v) is 3.96. The number of aliphatic imine (C=N–C) groups is 1. The summed E-state index contributed by atoms with van der Waals surface area (Å²) in [5.41, 5.74) is 7.93. The van der Waals surface area contributed by atoms with Gasteiger partial charge in [-0.15, -0.1) is 11.8 Å². The number of nitrogens with two attached hydrogens (primary N) is 1. The van der Waals surface area contributed by atoms with Gasteiger partial charge in [0.2, 0.25) is 0 Å². The summed E-state index contributed by atoms with van der Waals surface area (Å²) in [4.78, 5) is 5.60. The zero-order valence-electron chi connectivity index (χ0n) is 12.7. The number of para-hydroxylation sites is 1. The van der Waals surface area contributed by atoms with Gasteiger partial charge in [-0.25, -0.2) is 0 Å². The summed E-state index contributed by atoms with van der Waals surface area (Å²) >= 11 is 1.77. The molecule has 0 fully saturated rings. The molecule has 3 N–H and O–H groups in total. The molecule has 0 aromatic heterocycles. The fraction of sp³-hybridized carbons (Fsp3) is 0.235. The number of guanidine groups is 1. The average molecular weight is 315 g/mol. The number of methoxy groups -OCH3 is 1. The zero-order chi connectivity index (χ0) is 15.6. The molecule has 0 bridgehead atoms. The lowest BCUT2D eigenvalue weighted by atomic mass is 10.2. The second-order valence-corrected chi connectivity index (χ2v) is 5.81. The molecule has 0 aliphatic carbocycles. The van der Waals surface area contributed by atoms with Gasteiger partial charge in [-0.3, -0.25) is 4.99 Å². The summed E-state index contributed by atoms with van der Waals surface area (Å²) < 4.78 is 5.17. The normalized spacial score (nSPS) is 11.4. The molecule has 0 unspecified atom stereocenters. The van der Waals surface area contributed by atoms with Crippen LogP contribution in [0.2, 0.25) is 0 Å². The van der Waals surface area contributed by atoms with E-state index in [0.717, 1.165) is 17.0 Å². The van der Waals surface area contributed by atoms with Crippen molar-refractivity contribution in [1.29, 1.82) is 0 Å². The summed E-state index contributed by atoms with van der Waals surface area (Å²) in [7, 11) is 1.68. The number of anilines is 1. The minimum Gasteiger partial charge on any atom is -0.380 e. The molecule has 2 rings (SSSR count). The van der Waals surface area contributed by atoms with Crippen LogP contribution in [0, 0.1) is 0 Å². The topological polar surface area (TPSA) is 59.6 Å². The molecule has 2 aromatic rings. The second-order valence-electron chi connectivity index (χ2n) is 4.64. The summed E-state index contributed by atoms with van der Waals surface area (Å²) in [5.74, 6) is 1.32. The lowest BCUT2D eigenvalue weighted by molar-refractivity contribution is 0.185. The van der Waals surface area contributed by atoms with Gasteiger partial charge < -0.3 is 15.8 Å². The van der Waals surface area contributed by atoms with E-state index >= 15 is 0 Å². The number of rotatable bonds is 7. The van der Waals surface area contributed by atoms with Crippen molar-refractivity contribution in [1.82, 2.24) is 0 Å². The van der Waals surface area contributed by atoms with E-state index in [1.165, 1.54) is 4.90 Å². The molecule has 4 nitrogen and oxygen atoms in total. The first-order valence-electron chi connectivity index (χ1n) is 7.11. The molecule has 0 saturated heterocycles. The van der Waals surface area contributed by atoms with Crippen LogP contribution in [0.5, 0.6) is 0 Å². The number of nitrogens with zero attached hydrogens (tertiary/aromatic N) is 1. The maximum absolute atomic E-state index is 5.94. The summed E-state index contributed by atoms with van der Waals surface area (Å²) in [6.45, 7) is 1.21. The molecule has 22 heavy (non-hydrogen) atoms. The molecular formula is C17H21N3OS. The zero-order valence-corrected chi connectivity index (χ0v) is 13.5. The summed E-state index contributed by atoms with van der Waals surface area (Å²) in [6, 6.07) is 18.2. The van der Waals surface area contributed by atoms with Gasteiger partial charge in [0.25, 0.3) is 0 Å². The van der Waals surface area contributed by atoms with Gasteiger partial charge in [0, 0.05) is 29.0 Å². The van der Waals surface area contributed by atoms with E-state index in [0.29, 0.717) is 19.1 Å². The monoisotopic (exact) mass is 315 g/mol. The SMILES string of the molecule is COCc1ccccc1NC(N)=NCCSc1ccccc1. The first kappa shape index (κ1) is 16.4. The first-order chi connectivity index (χ1) is 10.8. The van der Waals surface area contributed by atoms with Crippen LogP contribution in [0.3, 0.4) is 0 Å². The third kappa shape index (κ3) is 5.42. The van der Waals surface area contributed by atoms with Crippen LogP contribution in [0.1, 0.15) is 5.56 Å². The Labute approximate surface area is 135 Å². The number of hydrogen-bond acceptors (Lipinski definition) is 3. The van der Waals surface area contributed by atoms with E-state index in [-0.39, 0.29) is 0 Å². The molecular weight excluding hydrogens is 294 g/mol. The quantitative estimate of drug-likeness (QED) is 0.356. The molecule has 0 aliphatic heterocycles. The van der Waals surface area contributed by atoms with Gasteiger partial charge in [0.15, 0.2) is 5.96 Å². The number of benzene rings is 2. The Morgan fingerprint density at radius 3 is 2.64 bits per heavy atom. The highest BCUT2D eigenvalue weighted by atomic mass is 32.2. The fourth-order valence-electron chi connectivity index (χ4n) is 1.95. The van der Waals surface area contributed by atoms with Crippen LogP contribution >= 0.6 is 11.8 Å². The van der Waals surface area contributed by atoms with Crippen molar-refractivity contribution in [2.45, 2.75) is 11.5 Å². The minimum atomic E-state index is 0.428. The highest BCUT2D eigenvalue weighted by molar-refractivity contribution is 7.99. The van der Waals surface area contributed by atoms with Crippen molar-refractivity contribution in [3.63, 3.8) is 0 Å². The fourth-order valence-corrected chi connectivity index (χ4v) is 2.72. The number of ether oxygens (including phenoxy) is 1. The van der Waals surface area contributed by atoms with E-state index < -0.39 is 0 Å². The lowest BCUT2D eigenvalue weighted by Crippen LogP contribution is -2.23. The van der Waals surface area contributed by atoms with E-state index in [1.807, 2.05) is 42.5 Å². The molecule has 0 heterocycles. The Hall–Kier alpha value is -1.98. The average Bonchev–Trinajstić information content (AvgIpc) is 2.55. The molecule has 0 atom stereocenters. The van der Waals surface area contributed by atoms with Crippen molar-refractivity contribution in [3.8, 4) is 0 Å². The largest absolute Gasteiger partial charge is 0.380 e. The molecule has 0 radical (unpaired) electrons. The van der Waals surface area contributed by atoms with Gasteiger partial charge in [-0.05, 0) is 18.2 Å². The Morgan fingerprint density at radius 1 is 1.14 bits per heavy atom. The standard InChI is InChI=1S/C17H21N3OS/c1-21-13-14-7-5-6-10-16(14)20-17(18)19-11-12-22-15-8-3-2-4-9-15/h2-10H,11-13H2,1H3,(H3,18,19,20). The van der Waals surface area contributed by atoms with Crippen molar-refractivity contribution in [3.05, 3.63) is 60.2 Å². The molecule has 2 aromatic carbocycles. The number of nitrogens with one attached hydrogen (secondary N) is 1. The van der Waals surface area contributed by atoms with Crippen LogP contribution < -0.4 is 11.1 Å². The second kappa shape index (κ2) is 9.12. The molecule has 0 saturated carbocycles. The minimum absolute atomic E-state index is 0.428. The van der Waals surface area contributed by atoms with Crippen molar-refractivity contribution < 1.29 is 4.74 Å². The number of thioether (sulfide) groups is 1. The van der Waals surface area contributed by atoms with Crippen molar-refractivity contribution in [2.75, 3.05) is 24.7 Å². The predicted octanol–water partition coefficient (Wildman–Crippen LogP) is 3.35. The maximum atomic E-state index is 5.94. The molecule has 5 heteroatoms. The summed E-state index contributed by atoms with van der Waals surface area (Å²) in [5, 5.41) is 3.13. The van der Waals surface area contributed by atoms with Crippen LogP contribution in [-0.4, -0.2) is 25.4 Å². The van der Waals surface area contributed by atoms with E-state index in [1.54, 1.807) is 18.9 Å². The van der Waals surface area contributed by atoms with Crippen LogP contribution in [0.25, 0.3) is 0 Å². The van der Waals surface area contributed by atoms with Gasteiger partial charge in [-0.1, -0.05) is 36.4 Å². The van der Waals surface area contributed by atoms with Crippen LogP contribution in [-0.2, 0) is 11.3 Å². The van der Waals surface area contributed by atoms with Gasteiger partial charge in [0.1, 0.15) is 0 Å². The molecule has 116 valence electrons. The Bertz CT molecular complexity index is 602. The van der Waals surface area contributed by atoms with Crippen molar-refractivity contribution in [2.24, 2.45) is 10.7 Å². The van der Waals surface area contributed by atoms with Gasteiger partial charge >= 0.3 is 0 Å². The van der Waals surface area contributed by atoms with Gasteiger partial charge in [-0.2, -0.15) is 0 Å². The highest BCUT2D eigenvalue weighted by Gasteiger charge is 2.02. The predicted molar refractivity (Wildman–Crippen MR) is 94.4 cm³/mol. The van der Waals surface area contributed by atoms with Crippen LogP contribution in [0.15, 0.2) is 64.5 Å². The smallest absolute Gasteiger partial charge is 0.193 e. The first-order valence-corrected chi connectivity index (χ1v) is 8.10. The Morgan fingerprint density at radius 2 is 1.86 bits per heavy atom. The lowest BCUT2D eigenvalue weighted by Gasteiger charge is -2.10. The summed E-state index contributed by atoms with van der Waals surface area (Å²) in [6.07, 6.45) is 0. The Balaban J connectivity index is 1.83. The van der Waals surface area contributed by atoms with Crippen LogP contribution in [0.4, 0.5) is 5.69 Å². The highest BCUT2D eigenvalue weighted by Crippen LogP contribution is 2.17. The maximum Gasteiger partial charge on any atom is 0.193 e. The van der Waals surface area contributed by atoms with E-state index in [2.05, 4.69) is 22.4 Å². The molecule has 0 amide bonds. The van der Waals surface area contributed by atoms with E-state index in [4.69, 9.17) is 10.5 Å². The van der Waals surface area contributed by atoms with E-state index in [9.17, 15) is 0 Å². The third-order valence-electron chi connectivity index (χ3n) is 2.97. The molecule has 0 spiro atoms. The van der Waals surface area contributed by atoms with Gasteiger partial charge in [0.05, 0.1) is 13.2 Å². The van der Waals surface area contributed by atoms with Crippen molar-refractivity contribution >= 4 is 23.4 Å². The number of hydrogen-bond donors (Lipinski definition) is 2. The Kier molecular flexibility index (Phi) is 6.80. The molecule has 0 aliphatic rings.